The third kappa shape index (κ3) is 3.06. The molecule has 0 aromatic carbocycles. The molecule has 110 valence electrons. The molecule has 1 aromatic rings. The van der Waals surface area contributed by atoms with Gasteiger partial charge in [-0.25, -0.2) is 4.98 Å². The molecule has 0 aliphatic carbocycles. The SMILES string of the molecule is Cc1nc2n(c(=O)c1C)C(CC(=O)NCC(C)C)CS2. The Morgan fingerprint density at radius 1 is 1.50 bits per heavy atom. The lowest BCUT2D eigenvalue weighted by atomic mass is 10.2. The molecule has 0 saturated carbocycles. The number of fused-ring (bicyclic) bond motifs is 1. The molecule has 1 unspecified atom stereocenters. The fraction of sp³-hybridized carbons (Fsp3) is 0.643. The number of aromatic nitrogens is 2. The first-order valence-corrected chi connectivity index (χ1v) is 7.88. The first-order valence-electron chi connectivity index (χ1n) is 6.89. The van der Waals surface area contributed by atoms with Crippen LogP contribution in [0.1, 0.15) is 37.6 Å². The van der Waals surface area contributed by atoms with Crippen molar-refractivity contribution in [3.63, 3.8) is 0 Å². The maximum Gasteiger partial charge on any atom is 0.257 e. The Hall–Kier alpha value is -1.30. The summed E-state index contributed by atoms with van der Waals surface area (Å²) >= 11 is 1.55. The number of hydrogen-bond acceptors (Lipinski definition) is 4. The standard InChI is InChI=1S/C14H21N3O2S/c1-8(2)6-15-12(18)5-11-7-20-14-16-10(4)9(3)13(19)17(11)14/h8,11H,5-7H2,1-4H3,(H,15,18). The highest BCUT2D eigenvalue weighted by Gasteiger charge is 2.28. The van der Waals surface area contributed by atoms with E-state index >= 15 is 0 Å². The summed E-state index contributed by atoms with van der Waals surface area (Å²) in [6, 6.07) is -0.0820. The quantitative estimate of drug-likeness (QED) is 0.858. The van der Waals surface area contributed by atoms with Crippen molar-refractivity contribution in [1.29, 1.82) is 0 Å². The maximum atomic E-state index is 12.3. The highest BCUT2D eigenvalue weighted by Crippen LogP contribution is 2.32. The molecule has 0 spiro atoms. The molecule has 0 saturated heterocycles. The molecule has 1 aliphatic heterocycles. The summed E-state index contributed by atoms with van der Waals surface area (Å²) in [4.78, 5) is 28.7. The first kappa shape index (κ1) is 15.1. The van der Waals surface area contributed by atoms with E-state index in [2.05, 4.69) is 24.1 Å². The van der Waals surface area contributed by atoms with E-state index < -0.39 is 0 Å². The number of rotatable bonds is 4. The molecule has 2 rings (SSSR count). The summed E-state index contributed by atoms with van der Waals surface area (Å²) in [7, 11) is 0. The average Bonchev–Trinajstić information content (AvgIpc) is 2.76. The maximum absolute atomic E-state index is 12.3. The van der Waals surface area contributed by atoms with Crippen molar-refractivity contribution < 1.29 is 4.79 Å². The van der Waals surface area contributed by atoms with Crippen molar-refractivity contribution in [2.45, 2.75) is 45.3 Å². The van der Waals surface area contributed by atoms with E-state index in [-0.39, 0.29) is 17.5 Å². The van der Waals surface area contributed by atoms with Crippen molar-refractivity contribution in [1.82, 2.24) is 14.9 Å². The largest absolute Gasteiger partial charge is 0.356 e. The number of thioether (sulfide) groups is 1. The zero-order valence-corrected chi connectivity index (χ0v) is 13.2. The first-order chi connectivity index (χ1) is 9.40. The van der Waals surface area contributed by atoms with E-state index in [0.29, 0.717) is 24.4 Å². The summed E-state index contributed by atoms with van der Waals surface area (Å²) < 4.78 is 1.68. The molecular formula is C14H21N3O2S. The van der Waals surface area contributed by atoms with Crippen LogP contribution in [0.25, 0.3) is 0 Å². The van der Waals surface area contributed by atoms with Gasteiger partial charge < -0.3 is 5.32 Å². The molecule has 0 fully saturated rings. The van der Waals surface area contributed by atoms with Crippen LogP contribution in [0.5, 0.6) is 0 Å². The van der Waals surface area contributed by atoms with E-state index in [4.69, 9.17) is 0 Å². The van der Waals surface area contributed by atoms with Crippen molar-refractivity contribution in [3.05, 3.63) is 21.6 Å². The van der Waals surface area contributed by atoms with Gasteiger partial charge in [-0.15, -0.1) is 0 Å². The number of carbonyl (C=O) groups is 1. The Labute approximate surface area is 123 Å². The minimum Gasteiger partial charge on any atom is -0.356 e. The van der Waals surface area contributed by atoms with Crippen LogP contribution < -0.4 is 10.9 Å². The Morgan fingerprint density at radius 3 is 2.85 bits per heavy atom. The van der Waals surface area contributed by atoms with Crippen LogP contribution in [-0.4, -0.2) is 27.8 Å². The zero-order valence-electron chi connectivity index (χ0n) is 12.4. The smallest absolute Gasteiger partial charge is 0.257 e. The van der Waals surface area contributed by atoms with Gasteiger partial charge in [0.1, 0.15) is 0 Å². The highest BCUT2D eigenvalue weighted by molar-refractivity contribution is 7.99. The van der Waals surface area contributed by atoms with Crippen LogP contribution >= 0.6 is 11.8 Å². The molecule has 1 aliphatic rings. The van der Waals surface area contributed by atoms with Crippen LogP contribution in [0.2, 0.25) is 0 Å². The highest BCUT2D eigenvalue weighted by atomic mass is 32.2. The fourth-order valence-electron chi connectivity index (χ4n) is 2.13. The van der Waals surface area contributed by atoms with Gasteiger partial charge in [0.2, 0.25) is 5.91 Å². The monoisotopic (exact) mass is 295 g/mol. The molecule has 0 radical (unpaired) electrons. The molecule has 1 N–H and O–H groups in total. The Balaban J connectivity index is 2.14. The molecule has 6 heteroatoms. The van der Waals surface area contributed by atoms with Crippen LogP contribution in [0.3, 0.4) is 0 Å². The van der Waals surface area contributed by atoms with Gasteiger partial charge in [-0.1, -0.05) is 25.6 Å². The third-order valence-corrected chi connectivity index (χ3v) is 4.55. The summed E-state index contributed by atoms with van der Waals surface area (Å²) in [6.45, 7) is 8.42. The van der Waals surface area contributed by atoms with Crippen LogP contribution in [0.15, 0.2) is 9.95 Å². The summed E-state index contributed by atoms with van der Waals surface area (Å²) in [5, 5.41) is 3.64. The minimum atomic E-state index is -0.0820. The molecule has 1 amide bonds. The van der Waals surface area contributed by atoms with Gasteiger partial charge in [-0.05, 0) is 19.8 Å². The lowest BCUT2D eigenvalue weighted by Crippen LogP contribution is -2.33. The third-order valence-electron chi connectivity index (χ3n) is 3.45. The van der Waals surface area contributed by atoms with Gasteiger partial charge in [-0.3, -0.25) is 14.2 Å². The lowest BCUT2D eigenvalue weighted by molar-refractivity contribution is -0.121. The van der Waals surface area contributed by atoms with Gasteiger partial charge >= 0.3 is 0 Å². The van der Waals surface area contributed by atoms with Crippen LogP contribution in [-0.2, 0) is 4.79 Å². The molecular weight excluding hydrogens is 274 g/mol. The number of nitrogens with zero attached hydrogens (tertiary/aromatic N) is 2. The summed E-state index contributed by atoms with van der Waals surface area (Å²) in [5.74, 6) is 1.17. The zero-order chi connectivity index (χ0) is 14.9. The normalized spacial score (nSPS) is 17.4. The van der Waals surface area contributed by atoms with Crippen molar-refractivity contribution in [2.75, 3.05) is 12.3 Å². The predicted octanol–water partition coefficient (Wildman–Crippen LogP) is 1.67. The van der Waals surface area contributed by atoms with Crippen LogP contribution in [0, 0.1) is 19.8 Å². The predicted molar refractivity (Wildman–Crippen MR) is 80.2 cm³/mol. The molecule has 2 heterocycles. The number of hydrogen-bond donors (Lipinski definition) is 1. The Morgan fingerprint density at radius 2 is 2.20 bits per heavy atom. The van der Waals surface area contributed by atoms with E-state index in [1.165, 1.54) is 0 Å². The second-order valence-corrected chi connectivity index (χ2v) is 6.63. The van der Waals surface area contributed by atoms with E-state index in [1.807, 2.05) is 6.92 Å². The van der Waals surface area contributed by atoms with Gasteiger partial charge in [0.15, 0.2) is 5.16 Å². The molecule has 0 bridgehead atoms. The molecule has 1 atom stereocenters. The van der Waals surface area contributed by atoms with Crippen molar-refractivity contribution in [2.24, 2.45) is 5.92 Å². The number of amides is 1. The van der Waals surface area contributed by atoms with Crippen molar-refractivity contribution in [3.8, 4) is 0 Å². The number of aryl methyl sites for hydroxylation is 1. The summed E-state index contributed by atoms with van der Waals surface area (Å²) in [6.07, 6.45) is 0.344. The van der Waals surface area contributed by atoms with Crippen molar-refractivity contribution >= 4 is 17.7 Å². The van der Waals surface area contributed by atoms with Gasteiger partial charge in [0.05, 0.1) is 6.04 Å². The van der Waals surface area contributed by atoms with Gasteiger partial charge in [0.25, 0.3) is 5.56 Å². The van der Waals surface area contributed by atoms with Gasteiger partial charge in [0, 0.05) is 30.0 Å². The van der Waals surface area contributed by atoms with E-state index in [0.717, 1.165) is 16.6 Å². The lowest BCUT2D eigenvalue weighted by Gasteiger charge is -2.15. The second kappa shape index (κ2) is 5.99. The molecule has 5 nitrogen and oxygen atoms in total. The molecule has 1 aromatic heterocycles. The Kier molecular flexibility index (Phi) is 4.52. The minimum absolute atomic E-state index is 0.00211. The van der Waals surface area contributed by atoms with E-state index in [9.17, 15) is 9.59 Å². The summed E-state index contributed by atoms with van der Waals surface area (Å²) in [5.41, 5.74) is 1.43. The Bertz CT molecular complexity index is 581. The second-order valence-electron chi connectivity index (χ2n) is 5.65. The fourth-order valence-corrected chi connectivity index (χ4v) is 3.31. The number of nitrogens with one attached hydrogen (secondary N) is 1. The van der Waals surface area contributed by atoms with E-state index in [1.54, 1.807) is 23.3 Å². The van der Waals surface area contributed by atoms with Crippen LogP contribution in [0.4, 0.5) is 0 Å². The number of carbonyl (C=O) groups excluding carboxylic acids is 1. The molecule has 20 heavy (non-hydrogen) atoms. The topological polar surface area (TPSA) is 64.0 Å². The van der Waals surface area contributed by atoms with Gasteiger partial charge in [-0.2, -0.15) is 0 Å². The average molecular weight is 295 g/mol.